The van der Waals surface area contributed by atoms with Gasteiger partial charge in [-0.2, -0.15) is 0 Å². The number of cyclic esters (lactones) is 1. The van der Waals surface area contributed by atoms with E-state index in [0.717, 1.165) is 16.5 Å². The Morgan fingerprint density at radius 2 is 1.88 bits per heavy atom. The maximum Gasteiger partial charge on any atom is 0.311 e. The normalized spacial score (nSPS) is 32.3. The van der Waals surface area contributed by atoms with Crippen molar-refractivity contribution in [3.8, 4) is 0 Å². The molecule has 6 rings (SSSR count). The SMILES string of the molecule is O=C1OCC=C[C@@H]2S[C@]34C=CCN(c5ccc6ccccc6c5)C(=O)C3N(CCO)C(=O)[C@@H]4[C@H]12. The second-order valence-electron chi connectivity index (χ2n) is 9.04. The lowest BCUT2D eigenvalue weighted by Gasteiger charge is -2.35. The van der Waals surface area contributed by atoms with E-state index >= 15 is 0 Å². The van der Waals surface area contributed by atoms with E-state index in [4.69, 9.17) is 4.74 Å². The Kier molecular flexibility index (Phi) is 5.04. The smallest absolute Gasteiger partial charge is 0.311 e. The molecular formula is C26H24N2O5S. The molecular weight excluding hydrogens is 452 g/mol. The second-order valence-corrected chi connectivity index (χ2v) is 10.5. The van der Waals surface area contributed by atoms with Crippen molar-refractivity contribution in [1.29, 1.82) is 0 Å². The molecule has 2 aromatic carbocycles. The van der Waals surface area contributed by atoms with E-state index in [-0.39, 0.29) is 36.8 Å². The molecule has 0 bridgehead atoms. The first-order valence-corrected chi connectivity index (χ1v) is 12.3. The summed E-state index contributed by atoms with van der Waals surface area (Å²) in [7, 11) is 0. The van der Waals surface area contributed by atoms with Gasteiger partial charge < -0.3 is 19.6 Å². The van der Waals surface area contributed by atoms with Gasteiger partial charge >= 0.3 is 5.97 Å². The Morgan fingerprint density at radius 3 is 2.71 bits per heavy atom. The fourth-order valence-electron chi connectivity index (χ4n) is 5.89. The minimum absolute atomic E-state index is 0.0374. The van der Waals surface area contributed by atoms with E-state index in [1.165, 1.54) is 16.7 Å². The summed E-state index contributed by atoms with van der Waals surface area (Å²) < 4.78 is 4.46. The third kappa shape index (κ3) is 2.98. The predicted octanol–water partition coefficient (Wildman–Crippen LogP) is 2.15. The highest BCUT2D eigenvalue weighted by molar-refractivity contribution is 8.02. The average Bonchev–Trinajstić information content (AvgIpc) is 3.13. The lowest BCUT2D eigenvalue weighted by atomic mass is 9.78. The van der Waals surface area contributed by atoms with Crippen LogP contribution in [0.25, 0.3) is 10.8 Å². The number of esters is 1. The summed E-state index contributed by atoms with van der Waals surface area (Å²) in [5, 5.41) is 11.6. The largest absolute Gasteiger partial charge is 0.461 e. The molecule has 0 saturated carbocycles. The number of carbonyl (C=O) groups excluding carboxylic acids is 3. The van der Waals surface area contributed by atoms with Gasteiger partial charge in [-0.15, -0.1) is 11.8 Å². The number of β-amino-alcohol motifs (C(OH)–C–C–N with tert-alkyl or cyclic N) is 1. The lowest BCUT2D eigenvalue weighted by molar-refractivity contribution is -0.151. The quantitative estimate of drug-likeness (QED) is 0.540. The highest BCUT2D eigenvalue weighted by atomic mass is 32.2. The fraction of sp³-hybridized carbons (Fsp3) is 0.346. The minimum atomic E-state index is -0.898. The van der Waals surface area contributed by atoms with Crippen LogP contribution in [0.5, 0.6) is 0 Å². The van der Waals surface area contributed by atoms with Crippen molar-refractivity contribution < 1.29 is 24.2 Å². The van der Waals surface area contributed by atoms with Gasteiger partial charge in [-0.1, -0.05) is 54.6 Å². The Hall–Kier alpha value is -3.10. The molecule has 7 nitrogen and oxygen atoms in total. The maximum atomic E-state index is 14.1. The van der Waals surface area contributed by atoms with Crippen molar-refractivity contribution in [2.75, 3.05) is 31.2 Å². The molecule has 0 aromatic heterocycles. The number of anilines is 1. The van der Waals surface area contributed by atoms with Gasteiger partial charge in [-0.05, 0) is 22.9 Å². The van der Waals surface area contributed by atoms with E-state index in [2.05, 4.69) is 0 Å². The Bertz CT molecular complexity index is 1260. The van der Waals surface area contributed by atoms with Crippen LogP contribution < -0.4 is 4.90 Å². The van der Waals surface area contributed by atoms with Crippen LogP contribution in [-0.4, -0.2) is 70.1 Å². The molecule has 34 heavy (non-hydrogen) atoms. The lowest BCUT2D eigenvalue weighted by Crippen LogP contribution is -2.53. The number of thioether (sulfide) groups is 1. The number of nitrogens with zero attached hydrogens (tertiary/aromatic N) is 2. The van der Waals surface area contributed by atoms with Crippen molar-refractivity contribution >= 4 is 46.0 Å². The van der Waals surface area contributed by atoms with Gasteiger partial charge in [0, 0.05) is 24.0 Å². The molecule has 1 N–H and O–H groups in total. The molecule has 2 fully saturated rings. The van der Waals surface area contributed by atoms with Crippen molar-refractivity contribution in [1.82, 2.24) is 4.90 Å². The number of aliphatic hydroxyl groups is 1. The van der Waals surface area contributed by atoms with Gasteiger partial charge in [0.2, 0.25) is 5.91 Å². The van der Waals surface area contributed by atoms with Crippen LogP contribution in [-0.2, 0) is 19.1 Å². The molecule has 8 heteroatoms. The standard InChI is InChI=1S/C26H24N2O5S/c29-13-12-28-22-24(31)27(18-9-8-16-5-1-2-6-17(16)15-18)11-4-10-26(22)21(23(28)30)20-19(34-26)7-3-14-33-25(20)32/h1-10,15,19-22,29H,11-14H2/t19-,20+,21-,22?,26-/m0/s1. The summed E-state index contributed by atoms with van der Waals surface area (Å²) in [4.78, 5) is 43.9. The van der Waals surface area contributed by atoms with Gasteiger partial charge in [0.1, 0.15) is 12.6 Å². The number of benzene rings is 2. The number of carbonyl (C=O) groups is 3. The monoisotopic (exact) mass is 476 g/mol. The van der Waals surface area contributed by atoms with E-state index in [0.29, 0.717) is 6.54 Å². The molecule has 0 radical (unpaired) electrons. The molecule has 2 aromatic rings. The summed E-state index contributed by atoms with van der Waals surface area (Å²) in [6.45, 7) is 0.324. The van der Waals surface area contributed by atoms with E-state index in [9.17, 15) is 19.5 Å². The van der Waals surface area contributed by atoms with Crippen LogP contribution in [0.15, 0.2) is 66.8 Å². The van der Waals surface area contributed by atoms with Gasteiger partial charge in [0.15, 0.2) is 0 Å². The molecule has 0 aliphatic carbocycles. The fourth-order valence-corrected chi connectivity index (χ4v) is 7.89. The van der Waals surface area contributed by atoms with Gasteiger partial charge in [0.05, 0.1) is 23.2 Å². The summed E-state index contributed by atoms with van der Waals surface area (Å²) in [6, 6.07) is 13.0. The molecule has 2 saturated heterocycles. The number of likely N-dealkylation sites (tertiary alicyclic amines) is 1. The molecule has 2 amide bonds. The Morgan fingerprint density at radius 1 is 1.06 bits per heavy atom. The van der Waals surface area contributed by atoms with E-state index in [1.807, 2.05) is 66.8 Å². The first kappa shape index (κ1) is 21.4. The molecule has 1 spiro atoms. The van der Waals surface area contributed by atoms with Crippen LogP contribution in [0.2, 0.25) is 0 Å². The van der Waals surface area contributed by atoms with E-state index in [1.54, 1.807) is 4.90 Å². The molecule has 4 aliphatic rings. The summed E-state index contributed by atoms with van der Waals surface area (Å²) in [6.07, 6.45) is 7.63. The third-order valence-corrected chi connectivity index (χ3v) is 9.04. The molecule has 4 heterocycles. The number of amides is 2. The topological polar surface area (TPSA) is 87.2 Å². The third-order valence-electron chi connectivity index (χ3n) is 7.30. The van der Waals surface area contributed by atoms with Gasteiger partial charge in [-0.3, -0.25) is 14.4 Å². The van der Waals surface area contributed by atoms with Crippen LogP contribution in [0, 0.1) is 11.8 Å². The first-order chi connectivity index (χ1) is 16.5. The highest BCUT2D eigenvalue weighted by Gasteiger charge is 2.71. The minimum Gasteiger partial charge on any atom is -0.461 e. The first-order valence-electron chi connectivity index (χ1n) is 11.5. The van der Waals surface area contributed by atoms with E-state index < -0.39 is 28.6 Å². The number of fused-ring (bicyclic) bond motifs is 3. The molecule has 4 aliphatic heterocycles. The zero-order valence-corrected chi connectivity index (χ0v) is 19.2. The molecule has 174 valence electrons. The van der Waals surface area contributed by atoms with Crippen molar-refractivity contribution in [3.63, 3.8) is 0 Å². The van der Waals surface area contributed by atoms with Gasteiger partial charge in [0.25, 0.3) is 5.91 Å². The van der Waals surface area contributed by atoms with Crippen LogP contribution in [0.3, 0.4) is 0 Å². The average molecular weight is 477 g/mol. The summed E-state index contributed by atoms with van der Waals surface area (Å²) in [5.74, 6) is -2.26. The Balaban J connectivity index is 1.45. The zero-order chi connectivity index (χ0) is 23.4. The molecule has 1 unspecified atom stereocenters. The number of ether oxygens (including phenoxy) is 1. The van der Waals surface area contributed by atoms with Crippen LogP contribution >= 0.6 is 11.8 Å². The summed E-state index contributed by atoms with van der Waals surface area (Å²) in [5.41, 5.74) is 0.752. The van der Waals surface area contributed by atoms with Crippen molar-refractivity contribution in [2.24, 2.45) is 11.8 Å². The van der Waals surface area contributed by atoms with Crippen LogP contribution in [0.4, 0.5) is 5.69 Å². The van der Waals surface area contributed by atoms with Gasteiger partial charge in [-0.25, -0.2) is 0 Å². The highest BCUT2D eigenvalue weighted by Crippen LogP contribution is 2.60. The predicted molar refractivity (Wildman–Crippen MR) is 129 cm³/mol. The number of hydrogen-bond donors (Lipinski definition) is 1. The molecule has 5 atom stereocenters. The van der Waals surface area contributed by atoms with Crippen molar-refractivity contribution in [2.45, 2.75) is 16.0 Å². The number of rotatable bonds is 3. The second kappa shape index (κ2) is 7.99. The maximum absolute atomic E-state index is 14.1. The zero-order valence-electron chi connectivity index (χ0n) is 18.4. The number of aliphatic hydroxyl groups excluding tert-OH is 1. The van der Waals surface area contributed by atoms with Crippen LogP contribution in [0.1, 0.15) is 0 Å². The Labute approximate surface area is 201 Å². The van der Waals surface area contributed by atoms with Crippen molar-refractivity contribution in [3.05, 3.63) is 66.8 Å². The number of hydrogen-bond acceptors (Lipinski definition) is 6. The summed E-state index contributed by atoms with van der Waals surface area (Å²) >= 11 is 1.50.